The molecule has 0 aliphatic carbocycles. The number of aryl methyl sites for hydroxylation is 1. The molecule has 1 fully saturated rings. The molecule has 0 saturated carbocycles. The van der Waals surface area contributed by atoms with Crippen molar-refractivity contribution in [2.24, 2.45) is 0 Å². The highest BCUT2D eigenvalue weighted by molar-refractivity contribution is 7.87. The fraction of sp³-hybridized carbons (Fsp3) is 0.750. The minimum atomic E-state index is -3.33. The molecule has 0 bridgehead atoms. The summed E-state index contributed by atoms with van der Waals surface area (Å²) in [6.45, 7) is 3.62. The Bertz CT molecular complexity index is 477. The molecule has 0 unspecified atom stereocenters. The van der Waals surface area contributed by atoms with Crippen LogP contribution >= 0.6 is 0 Å². The highest BCUT2D eigenvalue weighted by atomic mass is 32.2. The molecule has 0 atom stereocenters. The van der Waals surface area contributed by atoms with Crippen molar-refractivity contribution < 1.29 is 12.8 Å². The number of aromatic nitrogens is 2. The molecule has 8 nitrogen and oxygen atoms in total. The summed E-state index contributed by atoms with van der Waals surface area (Å²) in [7, 11) is -1.93. The Hall–Kier alpha value is -1.19. The van der Waals surface area contributed by atoms with Gasteiger partial charge in [0.1, 0.15) is 0 Å². The second kappa shape index (κ2) is 4.59. The van der Waals surface area contributed by atoms with Crippen LogP contribution in [0.3, 0.4) is 0 Å². The van der Waals surface area contributed by atoms with Crippen molar-refractivity contribution in [3.63, 3.8) is 0 Å². The van der Waals surface area contributed by atoms with Gasteiger partial charge in [-0.25, -0.2) is 4.72 Å². The Balaban J connectivity index is 1.99. The third-order valence-corrected chi connectivity index (χ3v) is 4.18. The second-order valence-corrected chi connectivity index (χ2v) is 5.57. The Kier molecular flexibility index (Phi) is 3.31. The molecule has 2 heterocycles. The largest absolute Gasteiger partial charge is 0.408 e. The Morgan fingerprint density at radius 3 is 2.35 bits per heavy atom. The van der Waals surface area contributed by atoms with Gasteiger partial charge in [-0.2, -0.15) is 12.7 Å². The molecule has 0 radical (unpaired) electrons. The summed E-state index contributed by atoms with van der Waals surface area (Å²) in [6.07, 6.45) is 0. The van der Waals surface area contributed by atoms with Gasteiger partial charge in [0, 0.05) is 40.2 Å². The average Bonchev–Trinajstić information content (AvgIpc) is 2.76. The van der Waals surface area contributed by atoms with Crippen LogP contribution in [0.25, 0.3) is 0 Å². The lowest BCUT2D eigenvalue weighted by Crippen LogP contribution is -2.51. The van der Waals surface area contributed by atoms with Crippen molar-refractivity contribution in [3.05, 3.63) is 5.89 Å². The van der Waals surface area contributed by atoms with E-state index >= 15 is 0 Å². The lowest BCUT2D eigenvalue weighted by molar-refractivity contribution is 0.366. The van der Waals surface area contributed by atoms with E-state index in [1.165, 1.54) is 11.4 Å². The van der Waals surface area contributed by atoms with Crippen molar-refractivity contribution in [3.8, 4) is 0 Å². The first-order chi connectivity index (χ1) is 8.03. The van der Waals surface area contributed by atoms with Crippen molar-refractivity contribution in [1.29, 1.82) is 0 Å². The summed E-state index contributed by atoms with van der Waals surface area (Å²) < 4.78 is 32.1. The van der Waals surface area contributed by atoms with Gasteiger partial charge in [-0.15, -0.1) is 5.10 Å². The second-order valence-electron chi connectivity index (χ2n) is 3.70. The molecule has 0 spiro atoms. The molecule has 2 rings (SSSR count). The smallest absolute Gasteiger partial charge is 0.318 e. The van der Waals surface area contributed by atoms with Crippen LogP contribution in [-0.2, 0) is 10.2 Å². The third kappa shape index (κ3) is 2.56. The predicted octanol–water partition coefficient (Wildman–Crippen LogP) is -1.04. The number of rotatable bonds is 3. The van der Waals surface area contributed by atoms with Crippen LogP contribution in [0.1, 0.15) is 5.89 Å². The number of anilines is 1. The highest BCUT2D eigenvalue weighted by Crippen LogP contribution is 2.15. The molecule has 1 aliphatic rings. The number of piperazine rings is 1. The summed E-state index contributed by atoms with van der Waals surface area (Å²) in [5, 5.41) is 7.65. The topological polar surface area (TPSA) is 91.6 Å². The van der Waals surface area contributed by atoms with Gasteiger partial charge in [0.25, 0.3) is 10.2 Å². The third-order valence-electron chi connectivity index (χ3n) is 2.62. The zero-order valence-corrected chi connectivity index (χ0v) is 10.6. The van der Waals surface area contributed by atoms with E-state index in [4.69, 9.17) is 4.42 Å². The first kappa shape index (κ1) is 12.3. The van der Waals surface area contributed by atoms with E-state index in [0.29, 0.717) is 38.1 Å². The number of hydrogen-bond donors (Lipinski definition) is 1. The lowest BCUT2D eigenvalue weighted by atomic mass is 10.4. The molecule has 1 aromatic heterocycles. The van der Waals surface area contributed by atoms with E-state index in [1.54, 1.807) is 6.92 Å². The van der Waals surface area contributed by atoms with E-state index in [2.05, 4.69) is 14.9 Å². The van der Waals surface area contributed by atoms with Gasteiger partial charge < -0.3 is 9.32 Å². The van der Waals surface area contributed by atoms with Crippen LogP contribution in [0.2, 0.25) is 0 Å². The molecule has 1 aromatic rings. The van der Waals surface area contributed by atoms with Crippen molar-refractivity contribution in [2.75, 3.05) is 38.1 Å². The first-order valence-electron chi connectivity index (χ1n) is 5.26. The molecular formula is C8H15N5O3S. The molecule has 1 saturated heterocycles. The van der Waals surface area contributed by atoms with Crippen LogP contribution in [-0.4, -0.2) is 56.1 Å². The summed E-state index contributed by atoms with van der Waals surface area (Å²) in [4.78, 5) is 1.88. The molecule has 9 heteroatoms. The van der Waals surface area contributed by atoms with Crippen LogP contribution in [0.4, 0.5) is 6.01 Å². The maximum Gasteiger partial charge on any atom is 0.318 e. The van der Waals surface area contributed by atoms with Gasteiger partial charge in [-0.3, -0.25) is 0 Å². The van der Waals surface area contributed by atoms with Crippen molar-refractivity contribution in [2.45, 2.75) is 6.92 Å². The Labute approximate surface area is 99.8 Å². The average molecular weight is 261 g/mol. The van der Waals surface area contributed by atoms with E-state index in [9.17, 15) is 8.42 Å². The van der Waals surface area contributed by atoms with E-state index in [0.717, 1.165) is 0 Å². The number of hydrogen-bond acceptors (Lipinski definition) is 6. The van der Waals surface area contributed by atoms with Crippen molar-refractivity contribution in [1.82, 2.24) is 19.2 Å². The summed E-state index contributed by atoms with van der Waals surface area (Å²) in [5.41, 5.74) is 0. The quantitative estimate of drug-likeness (QED) is 0.747. The minimum absolute atomic E-state index is 0.407. The molecule has 17 heavy (non-hydrogen) atoms. The fourth-order valence-electron chi connectivity index (χ4n) is 1.66. The van der Waals surface area contributed by atoms with Gasteiger partial charge in [-0.1, -0.05) is 5.10 Å². The Morgan fingerprint density at radius 2 is 1.88 bits per heavy atom. The van der Waals surface area contributed by atoms with Crippen LogP contribution in [0, 0.1) is 6.92 Å². The number of nitrogens with one attached hydrogen (secondary N) is 1. The minimum Gasteiger partial charge on any atom is -0.408 e. The zero-order valence-electron chi connectivity index (χ0n) is 9.75. The molecule has 0 amide bonds. The first-order valence-corrected chi connectivity index (χ1v) is 6.70. The molecule has 1 aliphatic heterocycles. The van der Waals surface area contributed by atoms with Crippen LogP contribution in [0.5, 0.6) is 0 Å². The van der Waals surface area contributed by atoms with Gasteiger partial charge in [-0.05, 0) is 0 Å². The monoisotopic (exact) mass is 261 g/mol. The highest BCUT2D eigenvalue weighted by Gasteiger charge is 2.27. The zero-order chi connectivity index (χ0) is 12.5. The van der Waals surface area contributed by atoms with Crippen LogP contribution < -0.4 is 9.62 Å². The molecular weight excluding hydrogens is 246 g/mol. The van der Waals surface area contributed by atoms with Gasteiger partial charge in [0.2, 0.25) is 5.89 Å². The lowest BCUT2D eigenvalue weighted by Gasteiger charge is -2.32. The van der Waals surface area contributed by atoms with E-state index < -0.39 is 10.2 Å². The van der Waals surface area contributed by atoms with E-state index in [1.807, 2.05) is 4.90 Å². The SMILES string of the molecule is CNS(=O)(=O)N1CCN(c2nnc(C)o2)CC1. The summed E-state index contributed by atoms with van der Waals surface area (Å²) in [5.74, 6) is 0.505. The Morgan fingerprint density at radius 1 is 1.24 bits per heavy atom. The molecule has 96 valence electrons. The van der Waals surface area contributed by atoms with Crippen molar-refractivity contribution >= 4 is 16.2 Å². The van der Waals surface area contributed by atoms with Gasteiger partial charge in [0.05, 0.1) is 0 Å². The van der Waals surface area contributed by atoms with Gasteiger partial charge in [0.15, 0.2) is 0 Å². The number of nitrogens with zero attached hydrogens (tertiary/aromatic N) is 4. The molecule has 1 N–H and O–H groups in total. The predicted molar refractivity (Wildman–Crippen MR) is 60.8 cm³/mol. The van der Waals surface area contributed by atoms with E-state index in [-0.39, 0.29) is 0 Å². The maximum absolute atomic E-state index is 11.5. The summed E-state index contributed by atoms with van der Waals surface area (Å²) in [6, 6.07) is 0.448. The normalized spacial score (nSPS) is 18.6. The standard InChI is InChI=1S/C8H15N5O3S/c1-7-10-11-8(16-7)12-3-5-13(6-4-12)17(14,15)9-2/h9H,3-6H2,1-2H3. The maximum atomic E-state index is 11.5. The van der Waals surface area contributed by atoms with Crippen LogP contribution in [0.15, 0.2) is 4.42 Å². The fourth-order valence-corrected chi connectivity index (χ4v) is 2.56. The molecule has 0 aromatic carbocycles. The summed E-state index contributed by atoms with van der Waals surface area (Å²) >= 11 is 0. The van der Waals surface area contributed by atoms with Gasteiger partial charge >= 0.3 is 6.01 Å².